The zero-order valence-corrected chi connectivity index (χ0v) is 15.5. The van der Waals surface area contributed by atoms with Crippen LogP contribution in [0.25, 0.3) is 0 Å². The van der Waals surface area contributed by atoms with Crippen LogP contribution < -0.4 is 5.73 Å². The molecule has 1 aliphatic carbocycles. The van der Waals surface area contributed by atoms with Gasteiger partial charge < -0.3 is 15.2 Å². The van der Waals surface area contributed by atoms with E-state index in [0.717, 1.165) is 39.0 Å². The van der Waals surface area contributed by atoms with E-state index in [-0.39, 0.29) is 17.4 Å². The van der Waals surface area contributed by atoms with Crippen molar-refractivity contribution in [1.29, 1.82) is 0 Å². The van der Waals surface area contributed by atoms with E-state index in [1.54, 1.807) is 0 Å². The highest BCUT2D eigenvalue weighted by atomic mass is 16.5. The van der Waals surface area contributed by atoms with Crippen LogP contribution in [-0.2, 0) is 4.79 Å². The highest BCUT2D eigenvalue weighted by Crippen LogP contribution is 2.38. The first kappa shape index (κ1) is 18.3. The van der Waals surface area contributed by atoms with Crippen LogP contribution in [0.15, 0.2) is 4.52 Å². The number of nitrogens with zero attached hydrogens (tertiary/aromatic N) is 4. The molecule has 1 saturated heterocycles. The van der Waals surface area contributed by atoms with Crippen LogP contribution >= 0.6 is 0 Å². The summed E-state index contributed by atoms with van der Waals surface area (Å²) in [6.45, 7) is 7.73. The molecule has 140 valence electrons. The predicted molar refractivity (Wildman–Crippen MR) is 94.8 cm³/mol. The molecule has 1 atom stereocenters. The molecular formula is C18H31N5O2. The van der Waals surface area contributed by atoms with Gasteiger partial charge in [-0.25, -0.2) is 0 Å². The number of hydrogen-bond donors (Lipinski definition) is 1. The van der Waals surface area contributed by atoms with Crippen LogP contribution in [0, 0.1) is 12.3 Å². The summed E-state index contributed by atoms with van der Waals surface area (Å²) in [6, 6.07) is 0.0900. The summed E-state index contributed by atoms with van der Waals surface area (Å²) in [7, 11) is 0. The van der Waals surface area contributed by atoms with Crippen molar-refractivity contribution < 1.29 is 9.32 Å². The van der Waals surface area contributed by atoms with Gasteiger partial charge in [0.1, 0.15) is 0 Å². The highest BCUT2D eigenvalue weighted by Gasteiger charge is 2.35. The van der Waals surface area contributed by atoms with Gasteiger partial charge in [0.05, 0.1) is 6.04 Å². The molecule has 2 aliphatic rings. The van der Waals surface area contributed by atoms with Crippen molar-refractivity contribution in [2.24, 2.45) is 11.1 Å². The largest absolute Gasteiger partial charge is 0.340 e. The number of piperazine rings is 1. The first-order chi connectivity index (χ1) is 12.0. The van der Waals surface area contributed by atoms with E-state index in [1.165, 1.54) is 19.3 Å². The van der Waals surface area contributed by atoms with Crippen LogP contribution in [0.4, 0.5) is 0 Å². The number of aromatic nitrogens is 2. The molecule has 2 N–H and O–H groups in total. The number of carbonyl (C=O) groups excluding carboxylic acids is 1. The maximum atomic E-state index is 12.8. The molecule has 0 spiro atoms. The Morgan fingerprint density at radius 1 is 1.24 bits per heavy atom. The lowest BCUT2D eigenvalue weighted by Gasteiger charge is -2.40. The first-order valence-electron chi connectivity index (χ1n) is 9.55. The minimum Gasteiger partial charge on any atom is -0.340 e. The molecule has 0 aromatic carbocycles. The molecule has 1 aliphatic heterocycles. The Labute approximate surface area is 149 Å². The van der Waals surface area contributed by atoms with Gasteiger partial charge in [-0.2, -0.15) is 4.98 Å². The van der Waals surface area contributed by atoms with Crippen molar-refractivity contribution in [1.82, 2.24) is 19.9 Å². The maximum absolute atomic E-state index is 12.8. The minimum absolute atomic E-state index is 0.0427. The fraction of sp³-hybridized carbons (Fsp3) is 0.833. The summed E-state index contributed by atoms with van der Waals surface area (Å²) in [5.74, 6) is 1.59. The molecule has 1 aromatic rings. The van der Waals surface area contributed by atoms with Gasteiger partial charge >= 0.3 is 0 Å². The average Bonchev–Trinajstić information content (AvgIpc) is 3.08. The lowest BCUT2D eigenvalue weighted by molar-refractivity contribution is -0.136. The Hall–Kier alpha value is -1.47. The van der Waals surface area contributed by atoms with Gasteiger partial charge in [-0.3, -0.25) is 9.69 Å². The predicted octanol–water partition coefficient (Wildman–Crippen LogP) is 1.88. The topological polar surface area (TPSA) is 88.5 Å². The second-order valence-corrected chi connectivity index (χ2v) is 7.71. The second-order valence-electron chi connectivity index (χ2n) is 7.71. The Morgan fingerprint density at radius 3 is 2.48 bits per heavy atom. The van der Waals surface area contributed by atoms with Gasteiger partial charge in [0.2, 0.25) is 11.8 Å². The molecular weight excluding hydrogens is 318 g/mol. The summed E-state index contributed by atoms with van der Waals surface area (Å²) in [4.78, 5) is 21.4. The van der Waals surface area contributed by atoms with Gasteiger partial charge in [0.25, 0.3) is 0 Å². The van der Waals surface area contributed by atoms with Crippen molar-refractivity contribution in [3.05, 3.63) is 11.7 Å². The van der Waals surface area contributed by atoms with Gasteiger partial charge in [0.15, 0.2) is 5.82 Å². The fourth-order valence-electron chi connectivity index (χ4n) is 4.19. The average molecular weight is 349 g/mol. The summed E-state index contributed by atoms with van der Waals surface area (Å²) >= 11 is 0. The van der Waals surface area contributed by atoms with E-state index in [4.69, 9.17) is 10.3 Å². The SMILES string of the molecule is Cc1noc(C(C)N2CCN(C(=O)CC3(CN)CCCCC3)CC2)n1. The highest BCUT2D eigenvalue weighted by molar-refractivity contribution is 5.77. The molecule has 1 unspecified atom stereocenters. The second kappa shape index (κ2) is 7.83. The van der Waals surface area contributed by atoms with Crippen LogP contribution in [0.1, 0.15) is 63.2 Å². The molecule has 3 rings (SSSR count). The number of amides is 1. The third-order valence-electron chi connectivity index (χ3n) is 5.99. The zero-order valence-electron chi connectivity index (χ0n) is 15.5. The van der Waals surface area contributed by atoms with E-state index < -0.39 is 0 Å². The molecule has 7 nitrogen and oxygen atoms in total. The van der Waals surface area contributed by atoms with Crippen molar-refractivity contribution in [2.45, 2.75) is 58.4 Å². The van der Waals surface area contributed by atoms with Gasteiger partial charge in [-0.15, -0.1) is 0 Å². The van der Waals surface area contributed by atoms with Crippen molar-refractivity contribution in [3.63, 3.8) is 0 Å². The van der Waals surface area contributed by atoms with E-state index >= 15 is 0 Å². The first-order valence-corrected chi connectivity index (χ1v) is 9.55. The number of aryl methyl sites for hydroxylation is 1. The zero-order chi connectivity index (χ0) is 17.9. The lowest BCUT2D eigenvalue weighted by atomic mass is 9.71. The Bertz CT molecular complexity index is 574. The summed E-state index contributed by atoms with van der Waals surface area (Å²) in [5.41, 5.74) is 6.08. The van der Waals surface area contributed by atoms with Gasteiger partial charge in [-0.05, 0) is 38.6 Å². The van der Waals surface area contributed by atoms with Crippen LogP contribution in [-0.4, -0.2) is 58.6 Å². The third-order valence-corrected chi connectivity index (χ3v) is 5.99. The summed E-state index contributed by atoms with van der Waals surface area (Å²) < 4.78 is 5.28. The Morgan fingerprint density at radius 2 is 1.92 bits per heavy atom. The molecule has 25 heavy (non-hydrogen) atoms. The minimum atomic E-state index is 0.0427. The number of carbonyl (C=O) groups is 1. The van der Waals surface area contributed by atoms with Crippen molar-refractivity contribution in [3.8, 4) is 0 Å². The van der Waals surface area contributed by atoms with E-state index in [9.17, 15) is 4.79 Å². The maximum Gasteiger partial charge on any atom is 0.243 e. The molecule has 7 heteroatoms. The van der Waals surface area contributed by atoms with Crippen LogP contribution in [0.2, 0.25) is 0 Å². The summed E-state index contributed by atoms with van der Waals surface area (Å²) in [6.07, 6.45) is 6.51. The van der Waals surface area contributed by atoms with E-state index in [2.05, 4.69) is 22.0 Å². The van der Waals surface area contributed by atoms with Crippen LogP contribution in [0.3, 0.4) is 0 Å². The molecule has 1 aromatic heterocycles. The molecule has 0 bridgehead atoms. The van der Waals surface area contributed by atoms with Gasteiger partial charge in [-0.1, -0.05) is 24.4 Å². The standard InChI is InChI=1S/C18H31N5O2/c1-14(17-20-15(2)21-25-17)22-8-10-23(11-9-22)16(24)12-18(13-19)6-4-3-5-7-18/h14H,3-13,19H2,1-2H3. The number of rotatable bonds is 5. The molecule has 2 fully saturated rings. The van der Waals surface area contributed by atoms with Crippen LogP contribution in [0.5, 0.6) is 0 Å². The normalized spacial score (nSPS) is 22.8. The third kappa shape index (κ3) is 4.20. The molecule has 2 heterocycles. The summed E-state index contributed by atoms with van der Waals surface area (Å²) in [5, 5.41) is 3.87. The monoisotopic (exact) mass is 349 g/mol. The number of nitrogens with two attached hydrogens (primary N) is 1. The number of hydrogen-bond acceptors (Lipinski definition) is 6. The van der Waals surface area contributed by atoms with E-state index in [0.29, 0.717) is 24.7 Å². The van der Waals surface area contributed by atoms with Gasteiger partial charge in [0, 0.05) is 32.6 Å². The molecule has 0 radical (unpaired) electrons. The fourth-order valence-corrected chi connectivity index (χ4v) is 4.19. The van der Waals surface area contributed by atoms with E-state index in [1.807, 2.05) is 11.8 Å². The Balaban J connectivity index is 1.52. The molecule has 1 saturated carbocycles. The van der Waals surface area contributed by atoms with Crippen molar-refractivity contribution >= 4 is 5.91 Å². The lowest BCUT2D eigenvalue weighted by Crippen LogP contribution is -2.50. The Kier molecular flexibility index (Phi) is 5.74. The quantitative estimate of drug-likeness (QED) is 0.873. The van der Waals surface area contributed by atoms with Crippen molar-refractivity contribution in [2.75, 3.05) is 32.7 Å². The smallest absolute Gasteiger partial charge is 0.243 e. The molecule has 1 amide bonds.